The van der Waals surface area contributed by atoms with Crippen LogP contribution in [0.2, 0.25) is 0 Å². The summed E-state index contributed by atoms with van der Waals surface area (Å²) in [7, 11) is 0. The van der Waals surface area contributed by atoms with Crippen molar-refractivity contribution in [1.29, 1.82) is 0 Å². The second-order valence-corrected chi connectivity index (χ2v) is 7.90. The molecule has 2 unspecified atom stereocenters. The first-order chi connectivity index (χ1) is 10.4. The summed E-state index contributed by atoms with van der Waals surface area (Å²) in [6, 6.07) is 18.8. The Morgan fingerprint density at radius 2 is 1.19 bits per heavy atom. The SMILES string of the molecule is c1ccc2c(c1)SCCC2NC1CCSc2ccccc21. The molecule has 0 spiro atoms. The van der Waals surface area contributed by atoms with Crippen molar-refractivity contribution in [3.05, 3.63) is 59.7 Å². The molecular formula is C18H19NS2. The van der Waals surface area contributed by atoms with Gasteiger partial charge in [-0.15, -0.1) is 23.5 Å². The van der Waals surface area contributed by atoms with Gasteiger partial charge < -0.3 is 5.32 Å². The fraction of sp³-hybridized carbons (Fsp3) is 0.333. The summed E-state index contributed by atoms with van der Waals surface area (Å²) in [5, 5.41) is 3.94. The monoisotopic (exact) mass is 313 g/mol. The largest absolute Gasteiger partial charge is 0.303 e. The van der Waals surface area contributed by atoms with E-state index < -0.39 is 0 Å². The third-order valence-corrected chi connectivity index (χ3v) is 6.56. The molecule has 0 bridgehead atoms. The smallest absolute Gasteiger partial charge is 0.0344 e. The van der Waals surface area contributed by atoms with Gasteiger partial charge in [-0.3, -0.25) is 0 Å². The highest BCUT2D eigenvalue weighted by atomic mass is 32.2. The quantitative estimate of drug-likeness (QED) is 0.833. The Bertz CT molecular complexity index is 585. The predicted octanol–water partition coefficient (Wildman–Crippen LogP) is 5.05. The first-order valence-corrected chi connectivity index (χ1v) is 9.58. The molecule has 2 heterocycles. The van der Waals surface area contributed by atoms with Crippen LogP contribution in [-0.2, 0) is 0 Å². The molecule has 4 rings (SSSR count). The van der Waals surface area contributed by atoms with Gasteiger partial charge in [-0.1, -0.05) is 36.4 Å². The van der Waals surface area contributed by atoms with Crippen LogP contribution in [0.15, 0.2) is 58.3 Å². The zero-order valence-electron chi connectivity index (χ0n) is 11.9. The van der Waals surface area contributed by atoms with Gasteiger partial charge in [0.25, 0.3) is 0 Å². The molecule has 21 heavy (non-hydrogen) atoms. The first kappa shape index (κ1) is 13.7. The Kier molecular flexibility index (Phi) is 3.97. The lowest BCUT2D eigenvalue weighted by Gasteiger charge is -2.33. The Morgan fingerprint density at radius 3 is 1.71 bits per heavy atom. The highest BCUT2D eigenvalue weighted by Gasteiger charge is 2.26. The number of hydrogen-bond donors (Lipinski definition) is 1. The molecule has 2 aromatic rings. The number of benzene rings is 2. The van der Waals surface area contributed by atoms with Crippen LogP contribution in [-0.4, -0.2) is 11.5 Å². The van der Waals surface area contributed by atoms with Gasteiger partial charge in [-0.05, 0) is 47.6 Å². The average molecular weight is 313 g/mol. The molecule has 0 radical (unpaired) electrons. The second kappa shape index (κ2) is 6.07. The molecule has 0 aromatic heterocycles. The van der Waals surface area contributed by atoms with Crippen molar-refractivity contribution < 1.29 is 0 Å². The lowest BCUT2D eigenvalue weighted by atomic mass is 9.98. The minimum Gasteiger partial charge on any atom is -0.303 e. The van der Waals surface area contributed by atoms with Crippen LogP contribution in [0.25, 0.3) is 0 Å². The van der Waals surface area contributed by atoms with Crippen molar-refractivity contribution in [3.8, 4) is 0 Å². The lowest BCUT2D eigenvalue weighted by molar-refractivity contribution is 0.416. The van der Waals surface area contributed by atoms with E-state index in [0.717, 1.165) is 0 Å². The highest BCUT2D eigenvalue weighted by Crippen LogP contribution is 2.40. The Hall–Kier alpha value is -0.900. The molecule has 0 saturated heterocycles. The van der Waals surface area contributed by atoms with E-state index in [0.29, 0.717) is 12.1 Å². The van der Waals surface area contributed by atoms with E-state index in [1.165, 1.54) is 45.3 Å². The molecule has 2 aliphatic rings. The number of thioether (sulfide) groups is 2. The molecule has 0 fully saturated rings. The molecule has 108 valence electrons. The summed E-state index contributed by atoms with van der Waals surface area (Å²) in [6.07, 6.45) is 2.46. The maximum atomic E-state index is 3.94. The van der Waals surface area contributed by atoms with Gasteiger partial charge in [-0.2, -0.15) is 0 Å². The summed E-state index contributed by atoms with van der Waals surface area (Å²) in [5.74, 6) is 2.44. The molecule has 0 aliphatic carbocycles. The van der Waals surface area contributed by atoms with E-state index in [1.807, 2.05) is 23.5 Å². The maximum absolute atomic E-state index is 3.94. The third-order valence-electron chi connectivity index (χ3n) is 4.32. The average Bonchev–Trinajstić information content (AvgIpc) is 2.56. The van der Waals surface area contributed by atoms with Crippen molar-refractivity contribution in [2.45, 2.75) is 34.7 Å². The number of rotatable bonds is 2. The molecule has 2 aliphatic heterocycles. The Balaban J connectivity index is 1.61. The zero-order valence-corrected chi connectivity index (χ0v) is 13.6. The van der Waals surface area contributed by atoms with Crippen LogP contribution in [0.1, 0.15) is 36.1 Å². The molecule has 2 atom stereocenters. The van der Waals surface area contributed by atoms with Gasteiger partial charge in [0.05, 0.1) is 0 Å². The number of hydrogen-bond acceptors (Lipinski definition) is 3. The van der Waals surface area contributed by atoms with Crippen molar-refractivity contribution in [2.24, 2.45) is 0 Å². The van der Waals surface area contributed by atoms with Gasteiger partial charge in [0.2, 0.25) is 0 Å². The topological polar surface area (TPSA) is 12.0 Å². The Labute approximate surface area is 134 Å². The fourth-order valence-corrected chi connectivity index (χ4v) is 5.52. The van der Waals surface area contributed by atoms with Crippen molar-refractivity contribution >= 4 is 23.5 Å². The number of fused-ring (bicyclic) bond motifs is 2. The molecule has 3 heteroatoms. The summed E-state index contributed by atoms with van der Waals surface area (Å²) >= 11 is 3.99. The van der Waals surface area contributed by atoms with E-state index in [1.54, 1.807) is 0 Å². The Morgan fingerprint density at radius 1 is 0.714 bits per heavy atom. The molecule has 1 N–H and O–H groups in total. The first-order valence-electron chi connectivity index (χ1n) is 7.61. The van der Waals surface area contributed by atoms with Crippen LogP contribution in [0, 0.1) is 0 Å². The van der Waals surface area contributed by atoms with Crippen LogP contribution in [0.4, 0.5) is 0 Å². The molecule has 2 aromatic carbocycles. The van der Waals surface area contributed by atoms with Crippen LogP contribution < -0.4 is 5.32 Å². The highest BCUT2D eigenvalue weighted by molar-refractivity contribution is 7.99. The lowest BCUT2D eigenvalue weighted by Crippen LogP contribution is -2.30. The molecule has 0 saturated carbocycles. The van der Waals surface area contributed by atoms with Gasteiger partial charge in [-0.25, -0.2) is 0 Å². The van der Waals surface area contributed by atoms with Crippen molar-refractivity contribution in [2.75, 3.05) is 11.5 Å². The molecular weight excluding hydrogens is 294 g/mol. The van der Waals surface area contributed by atoms with E-state index in [-0.39, 0.29) is 0 Å². The fourth-order valence-electron chi connectivity index (χ4n) is 3.27. The summed E-state index contributed by atoms with van der Waals surface area (Å²) in [6.45, 7) is 0. The van der Waals surface area contributed by atoms with Crippen LogP contribution >= 0.6 is 23.5 Å². The van der Waals surface area contributed by atoms with E-state index >= 15 is 0 Å². The maximum Gasteiger partial charge on any atom is 0.0344 e. The minimum atomic E-state index is 0.503. The van der Waals surface area contributed by atoms with Crippen LogP contribution in [0.5, 0.6) is 0 Å². The summed E-state index contributed by atoms with van der Waals surface area (Å²) < 4.78 is 0. The normalized spacial score (nSPS) is 24.2. The second-order valence-electron chi connectivity index (χ2n) is 5.62. The van der Waals surface area contributed by atoms with Gasteiger partial charge >= 0.3 is 0 Å². The van der Waals surface area contributed by atoms with Crippen molar-refractivity contribution in [3.63, 3.8) is 0 Å². The van der Waals surface area contributed by atoms with E-state index in [2.05, 4.69) is 53.8 Å². The third kappa shape index (κ3) is 2.75. The minimum absolute atomic E-state index is 0.503. The zero-order chi connectivity index (χ0) is 14.1. The summed E-state index contributed by atoms with van der Waals surface area (Å²) in [4.78, 5) is 2.92. The molecule has 1 nitrogen and oxygen atoms in total. The van der Waals surface area contributed by atoms with Gasteiger partial charge in [0.1, 0.15) is 0 Å². The van der Waals surface area contributed by atoms with E-state index in [9.17, 15) is 0 Å². The standard InChI is InChI=1S/C18H19NS2/c1-3-7-17-13(5-1)15(9-11-20-17)19-16-10-12-21-18-8-4-2-6-14(16)18/h1-8,15-16,19H,9-12H2. The molecule has 0 amide bonds. The number of nitrogens with one attached hydrogen (secondary N) is 1. The van der Waals surface area contributed by atoms with Crippen molar-refractivity contribution in [1.82, 2.24) is 5.32 Å². The van der Waals surface area contributed by atoms with Crippen LogP contribution in [0.3, 0.4) is 0 Å². The van der Waals surface area contributed by atoms with E-state index in [4.69, 9.17) is 0 Å². The van der Waals surface area contributed by atoms with Gasteiger partial charge in [0.15, 0.2) is 0 Å². The van der Waals surface area contributed by atoms with Gasteiger partial charge in [0, 0.05) is 21.9 Å². The predicted molar refractivity (Wildman–Crippen MR) is 92.2 cm³/mol. The summed E-state index contributed by atoms with van der Waals surface area (Å²) in [5.41, 5.74) is 2.98.